The average Bonchev–Trinajstić information content (AvgIpc) is 2.29. The van der Waals surface area contributed by atoms with Gasteiger partial charge < -0.3 is 16.3 Å². The van der Waals surface area contributed by atoms with Crippen LogP contribution < -0.4 is 11.1 Å². The monoisotopic (exact) mass is 225 g/mol. The van der Waals surface area contributed by atoms with E-state index in [9.17, 15) is 4.39 Å². The van der Waals surface area contributed by atoms with Gasteiger partial charge in [0.05, 0.1) is 0 Å². The third kappa shape index (κ3) is 3.86. The van der Waals surface area contributed by atoms with E-state index < -0.39 is 0 Å². The van der Waals surface area contributed by atoms with Gasteiger partial charge in [-0.2, -0.15) is 0 Å². The maximum absolute atomic E-state index is 12.7. The number of nitrogens with one attached hydrogen (secondary N) is 1. The predicted octanol–water partition coefficient (Wildman–Crippen LogP) is 1.61. The Bertz CT molecular complexity index is 351. The van der Waals surface area contributed by atoms with E-state index in [0.29, 0.717) is 13.0 Å². The number of nitrogens with zero attached hydrogens (tertiary/aromatic N) is 1. The third-order valence-electron chi connectivity index (χ3n) is 2.33. The molecule has 0 saturated heterocycles. The molecule has 0 spiro atoms. The minimum absolute atomic E-state index is 0.104. The van der Waals surface area contributed by atoms with Crippen LogP contribution in [0.25, 0.3) is 0 Å². The Labute approximate surface area is 94.0 Å². The Morgan fingerprint density at radius 3 is 2.69 bits per heavy atom. The summed E-state index contributed by atoms with van der Waals surface area (Å²) in [6, 6.07) is 6.42. The maximum atomic E-state index is 12.7. The van der Waals surface area contributed by atoms with E-state index in [4.69, 9.17) is 10.9 Å². The number of halogens is 1. The van der Waals surface area contributed by atoms with Crippen molar-refractivity contribution in [1.29, 1.82) is 0 Å². The highest BCUT2D eigenvalue weighted by atomic mass is 19.1. The largest absolute Gasteiger partial charge is 0.409 e. The molecule has 0 aliphatic carbocycles. The molecular weight excluding hydrogens is 209 g/mol. The fourth-order valence-corrected chi connectivity index (χ4v) is 1.34. The molecule has 1 atom stereocenters. The van der Waals surface area contributed by atoms with E-state index in [1.165, 1.54) is 12.1 Å². The van der Waals surface area contributed by atoms with Crippen molar-refractivity contribution >= 4 is 5.84 Å². The van der Waals surface area contributed by atoms with Crippen LogP contribution in [0.2, 0.25) is 0 Å². The molecule has 0 radical (unpaired) electrons. The first-order valence-corrected chi connectivity index (χ1v) is 5.08. The molecule has 0 aliphatic rings. The highest BCUT2D eigenvalue weighted by molar-refractivity contribution is 5.79. The van der Waals surface area contributed by atoms with Crippen LogP contribution in [0.5, 0.6) is 0 Å². The zero-order valence-electron chi connectivity index (χ0n) is 9.15. The van der Waals surface area contributed by atoms with E-state index in [0.717, 1.165) is 5.56 Å². The number of benzene rings is 1. The number of nitrogens with two attached hydrogens (primary N) is 1. The van der Waals surface area contributed by atoms with Crippen molar-refractivity contribution in [3.63, 3.8) is 0 Å². The van der Waals surface area contributed by atoms with Gasteiger partial charge in [-0.1, -0.05) is 17.3 Å². The highest BCUT2D eigenvalue weighted by Gasteiger charge is 2.04. The Morgan fingerprint density at radius 1 is 1.50 bits per heavy atom. The summed E-state index contributed by atoms with van der Waals surface area (Å²) in [5.74, 6) is -0.0496. The van der Waals surface area contributed by atoms with Crippen LogP contribution >= 0.6 is 0 Å². The van der Waals surface area contributed by atoms with Crippen LogP contribution in [-0.4, -0.2) is 17.6 Å². The number of amidine groups is 1. The molecule has 0 aliphatic heterocycles. The zero-order valence-corrected chi connectivity index (χ0v) is 9.15. The molecule has 4 N–H and O–H groups in total. The van der Waals surface area contributed by atoms with Gasteiger partial charge in [0, 0.05) is 19.0 Å². The molecule has 1 aromatic carbocycles. The van der Waals surface area contributed by atoms with Gasteiger partial charge in [0.1, 0.15) is 11.7 Å². The van der Waals surface area contributed by atoms with Crippen molar-refractivity contribution in [2.45, 2.75) is 19.4 Å². The zero-order chi connectivity index (χ0) is 12.0. The maximum Gasteiger partial charge on any atom is 0.140 e. The van der Waals surface area contributed by atoms with E-state index in [1.807, 2.05) is 6.92 Å². The molecule has 5 heteroatoms. The standard InChI is InChI=1S/C11H16FN3O/c1-8(14-7-6-11(13)15-16)9-2-4-10(12)5-3-9/h2-5,8,14,16H,6-7H2,1H3,(H2,13,15). The molecule has 1 rings (SSSR count). The van der Waals surface area contributed by atoms with Gasteiger partial charge in [0.2, 0.25) is 0 Å². The van der Waals surface area contributed by atoms with Gasteiger partial charge in [-0.25, -0.2) is 4.39 Å². The minimum atomic E-state index is -0.243. The average molecular weight is 225 g/mol. The van der Waals surface area contributed by atoms with Crippen molar-refractivity contribution in [3.05, 3.63) is 35.6 Å². The van der Waals surface area contributed by atoms with E-state index in [2.05, 4.69) is 10.5 Å². The second-order valence-corrected chi connectivity index (χ2v) is 3.57. The molecule has 4 nitrogen and oxygen atoms in total. The van der Waals surface area contributed by atoms with Crippen molar-refractivity contribution in [1.82, 2.24) is 5.32 Å². The summed E-state index contributed by atoms with van der Waals surface area (Å²) < 4.78 is 12.7. The summed E-state index contributed by atoms with van der Waals surface area (Å²) in [4.78, 5) is 0. The molecule has 1 aromatic rings. The smallest absolute Gasteiger partial charge is 0.140 e. The first-order chi connectivity index (χ1) is 7.63. The quantitative estimate of drug-likeness (QED) is 0.308. The lowest BCUT2D eigenvalue weighted by Crippen LogP contribution is -2.24. The lowest BCUT2D eigenvalue weighted by Gasteiger charge is -2.13. The van der Waals surface area contributed by atoms with Gasteiger partial charge >= 0.3 is 0 Å². The molecule has 0 heterocycles. The fraction of sp³-hybridized carbons (Fsp3) is 0.364. The van der Waals surface area contributed by atoms with Crippen molar-refractivity contribution in [2.75, 3.05) is 6.54 Å². The molecule has 0 aromatic heterocycles. The molecule has 0 fully saturated rings. The molecule has 0 bridgehead atoms. The van der Waals surface area contributed by atoms with Gasteiger partial charge in [-0.3, -0.25) is 0 Å². The van der Waals surface area contributed by atoms with Gasteiger partial charge in [0.15, 0.2) is 0 Å². The summed E-state index contributed by atoms with van der Waals surface area (Å²) in [5.41, 5.74) is 6.33. The Hall–Kier alpha value is -1.62. The number of hydrogen-bond donors (Lipinski definition) is 3. The Balaban J connectivity index is 2.40. The van der Waals surface area contributed by atoms with Gasteiger partial charge in [0.25, 0.3) is 0 Å². The molecule has 16 heavy (non-hydrogen) atoms. The lowest BCUT2D eigenvalue weighted by atomic mass is 10.1. The molecule has 0 saturated carbocycles. The van der Waals surface area contributed by atoms with Gasteiger partial charge in [-0.05, 0) is 24.6 Å². The first kappa shape index (κ1) is 12.4. The van der Waals surface area contributed by atoms with E-state index >= 15 is 0 Å². The topological polar surface area (TPSA) is 70.6 Å². The summed E-state index contributed by atoms with van der Waals surface area (Å²) in [5, 5.41) is 14.4. The predicted molar refractivity (Wildman–Crippen MR) is 60.8 cm³/mol. The summed E-state index contributed by atoms with van der Waals surface area (Å²) >= 11 is 0. The SMILES string of the molecule is CC(NCCC(N)=NO)c1ccc(F)cc1. The van der Waals surface area contributed by atoms with Crippen LogP contribution in [0.1, 0.15) is 24.9 Å². The first-order valence-electron chi connectivity index (χ1n) is 5.08. The van der Waals surface area contributed by atoms with Crippen molar-refractivity contribution in [2.24, 2.45) is 10.9 Å². The highest BCUT2D eigenvalue weighted by Crippen LogP contribution is 2.12. The molecule has 1 unspecified atom stereocenters. The summed E-state index contributed by atoms with van der Waals surface area (Å²) in [7, 11) is 0. The third-order valence-corrected chi connectivity index (χ3v) is 2.33. The van der Waals surface area contributed by atoms with Crippen molar-refractivity contribution in [3.8, 4) is 0 Å². The van der Waals surface area contributed by atoms with Crippen LogP contribution in [0.4, 0.5) is 4.39 Å². The number of hydrogen-bond acceptors (Lipinski definition) is 3. The van der Waals surface area contributed by atoms with Crippen LogP contribution in [0.3, 0.4) is 0 Å². The molecule has 0 amide bonds. The summed E-state index contributed by atoms with van der Waals surface area (Å²) in [6.45, 7) is 2.58. The fourth-order valence-electron chi connectivity index (χ4n) is 1.34. The Kier molecular flexibility index (Phi) is 4.72. The van der Waals surface area contributed by atoms with E-state index in [1.54, 1.807) is 12.1 Å². The summed E-state index contributed by atoms with van der Waals surface area (Å²) in [6.07, 6.45) is 0.474. The lowest BCUT2D eigenvalue weighted by molar-refractivity contribution is 0.316. The van der Waals surface area contributed by atoms with Crippen LogP contribution in [-0.2, 0) is 0 Å². The van der Waals surface area contributed by atoms with Crippen LogP contribution in [0.15, 0.2) is 29.4 Å². The van der Waals surface area contributed by atoms with E-state index in [-0.39, 0.29) is 17.7 Å². The number of oxime groups is 1. The minimum Gasteiger partial charge on any atom is -0.409 e. The van der Waals surface area contributed by atoms with Crippen LogP contribution in [0, 0.1) is 5.82 Å². The second-order valence-electron chi connectivity index (χ2n) is 3.57. The second kappa shape index (κ2) is 6.07. The molecule has 88 valence electrons. The molecular formula is C11H16FN3O. The normalized spacial score (nSPS) is 13.8. The number of rotatable bonds is 5. The Morgan fingerprint density at radius 2 is 2.12 bits per heavy atom. The van der Waals surface area contributed by atoms with Gasteiger partial charge in [-0.15, -0.1) is 0 Å². The van der Waals surface area contributed by atoms with Crippen molar-refractivity contribution < 1.29 is 9.60 Å².